The second-order valence-electron chi connectivity index (χ2n) is 6.47. The zero-order chi connectivity index (χ0) is 16.5. The van der Waals surface area contributed by atoms with Crippen molar-refractivity contribution in [3.8, 4) is 5.75 Å². The molecule has 0 fully saturated rings. The highest BCUT2D eigenvalue weighted by Crippen LogP contribution is 2.42. The molecule has 1 aliphatic carbocycles. The van der Waals surface area contributed by atoms with Gasteiger partial charge in [0.15, 0.2) is 0 Å². The summed E-state index contributed by atoms with van der Waals surface area (Å²) in [5.74, 6) is 1.35. The van der Waals surface area contributed by atoms with Crippen LogP contribution in [0.4, 0.5) is 0 Å². The third kappa shape index (κ3) is 2.50. The Morgan fingerprint density at radius 2 is 2.00 bits per heavy atom. The second-order valence-corrected chi connectivity index (χ2v) is 6.47. The Balaban J connectivity index is 1.61. The number of hydrazone groups is 1. The SMILES string of the molecule is C=CCOc1ccc([C@@H]2[C@@H]3CCc4ccccc4C3=NN2C)cc1. The van der Waals surface area contributed by atoms with Gasteiger partial charge in [0.2, 0.25) is 0 Å². The predicted octanol–water partition coefficient (Wildman–Crippen LogP) is 4.20. The molecule has 122 valence electrons. The van der Waals surface area contributed by atoms with Gasteiger partial charge in [-0.3, -0.25) is 5.01 Å². The number of benzene rings is 2. The summed E-state index contributed by atoms with van der Waals surface area (Å²) in [5.41, 5.74) is 5.30. The molecule has 0 unspecified atom stereocenters. The Hall–Kier alpha value is -2.55. The number of rotatable bonds is 4. The Morgan fingerprint density at radius 1 is 1.21 bits per heavy atom. The smallest absolute Gasteiger partial charge is 0.119 e. The van der Waals surface area contributed by atoms with Crippen molar-refractivity contribution in [2.75, 3.05) is 13.7 Å². The van der Waals surface area contributed by atoms with Gasteiger partial charge in [-0.2, -0.15) is 5.10 Å². The van der Waals surface area contributed by atoms with Crippen molar-refractivity contribution in [2.45, 2.75) is 18.9 Å². The van der Waals surface area contributed by atoms with Crippen molar-refractivity contribution in [1.82, 2.24) is 5.01 Å². The first-order valence-corrected chi connectivity index (χ1v) is 8.51. The lowest BCUT2D eigenvalue weighted by Gasteiger charge is -2.29. The van der Waals surface area contributed by atoms with Crippen LogP contribution in [0.25, 0.3) is 0 Å². The molecule has 0 saturated carbocycles. The summed E-state index contributed by atoms with van der Waals surface area (Å²) < 4.78 is 5.59. The quantitative estimate of drug-likeness (QED) is 0.789. The molecule has 2 aromatic rings. The largest absolute Gasteiger partial charge is 0.490 e. The van der Waals surface area contributed by atoms with Crippen LogP contribution in [-0.2, 0) is 6.42 Å². The van der Waals surface area contributed by atoms with Crippen molar-refractivity contribution < 1.29 is 4.74 Å². The number of ether oxygens (including phenoxy) is 1. The van der Waals surface area contributed by atoms with Crippen molar-refractivity contribution in [2.24, 2.45) is 11.0 Å². The summed E-state index contributed by atoms with van der Waals surface area (Å²) in [5, 5.41) is 7.01. The highest BCUT2D eigenvalue weighted by atomic mass is 16.5. The minimum Gasteiger partial charge on any atom is -0.490 e. The van der Waals surface area contributed by atoms with E-state index in [0.717, 1.165) is 18.6 Å². The number of hydrogen-bond acceptors (Lipinski definition) is 3. The van der Waals surface area contributed by atoms with E-state index in [1.54, 1.807) is 6.08 Å². The van der Waals surface area contributed by atoms with Crippen molar-refractivity contribution in [3.05, 3.63) is 77.9 Å². The maximum absolute atomic E-state index is 5.59. The number of nitrogens with zero attached hydrogens (tertiary/aromatic N) is 2. The summed E-state index contributed by atoms with van der Waals surface area (Å²) in [6.07, 6.45) is 4.04. The lowest BCUT2D eigenvalue weighted by Crippen LogP contribution is -2.27. The van der Waals surface area contributed by atoms with Crippen molar-refractivity contribution >= 4 is 5.71 Å². The molecule has 0 spiro atoms. The highest BCUT2D eigenvalue weighted by molar-refractivity contribution is 6.05. The highest BCUT2D eigenvalue weighted by Gasteiger charge is 2.39. The van der Waals surface area contributed by atoms with Crippen LogP contribution in [0, 0.1) is 5.92 Å². The summed E-state index contributed by atoms with van der Waals surface area (Å²) in [6, 6.07) is 17.4. The van der Waals surface area contributed by atoms with Crippen LogP contribution >= 0.6 is 0 Å². The molecule has 1 aliphatic heterocycles. The third-order valence-corrected chi connectivity index (χ3v) is 5.01. The Kier molecular flexibility index (Phi) is 3.85. The van der Waals surface area contributed by atoms with Crippen molar-refractivity contribution in [1.29, 1.82) is 0 Å². The molecular weight excluding hydrogens is 296 g/mol. The zero-order valence-corrected chi connectivity index (χ0v) is 14.0. The summed E-state index contributed by atoms with van der Waals surface area (Å²) >= 11 is 0. The number of fused-ring (bicyclic) bond motifs is 3. The zero-order valence-electron chi connectivity index (χ0n) is 14.0. The van der Waals surface area contributed by atoms with E-state index in [1.807, 2.05) is 12.1 Å². The maximum atomic E-state index is 5.59. The summed E-state index contributed by atoms with van der Waals surface area (Å²) in [6.45, 7) is 4.22. The molecule has 0 N–H and O–H groups in total. The van der Waals surface area contributed by atoms with Gasteiger partial charge in [0.05, 0.1) is 11.8 Å². The van der Waals surface area contributed by atoms with Crippen LogP contribution in [0.15, 0.2) is 66.3 Å². The van der Waals surface area contributed by atoms with Crippen LogP contribution in [0.5, 0.6) is 5.75 Å². The van der Waals surface area contributed by atoms with Gasteiger partial charge in [0.25, 0.3) is 0 Å². The van der Waals surface area contributed by atoms with Crippen LogP contribution in [0.1, 0.15) is 29.2 Å². The Bertz CT molecular complexity index is 779. The minimum atomic E-state index is 0.307. The van der Waals surface area contributed by atoms with E-state index in [2.05, 4.69) is 55.0 Å². The van der Waals surface area contributed by atoms with E-state index in [1.165, 1.54) is 22.4 Å². The molecule has 0 bridgehead atoms. The Labute approximate surface area is 143 Å². The van der Waals surface area contributed by atoms with Gasteiger partial charge in [-0.15, -0.1) is 0 Å². The monoisotopic (exact) mass is 318 g/mol. The van der Waals surface area contributed by atoms with Crippen LogP contribution < -0.4 is 4.74 Å². The maximum Gasteiger partial charge on any atom is 0.119 e. The molecule has 2 aliphatic rings. The van der Waals surface area contributed by atoms with Gasteiger partial charge < -0.3 is 4.74 Å². The molecule has 3 heteroatoms. The number of aryl methyl sites for hydroxylation is 1. The van der Waals surface area contributed by atoms with Gasteiger partial charge in [-0.25, -0.2) is 0 Å². The summed E-state index contributed by atoms with van der Waals surface area (Å²) in [7, 11) is 2.08. The molecule has 2 atom stereocenters. The van der Waals surface area contributed by atoms with Gasteiger partial charge in [0, 0.05) is 18.5 Å². The average molecular weight is 318 g/mol. The molecule has 0 saturated heterocycles. The van der Waals surface area contributed by atoms with E-state index in [-0.39, 0.29) is 0 Å². The standard InChI is InChI=1S/C21H22N2O/c1-3-14-24-17-11-8-16(9-12-17)21-19-13-10-15-6-4-5-7-18(15)20(19)22-23(21)2/h3-9,11-12,19,21H,1,10,13-14H2,2H3/t19-,21-/m1/s1. The Morgan fingerprint density at radius 3 is 2.79 bits per heavy atom. The van der Waals surface area contributed by atoms with E-state index >= 15 is 0 Å². The molecule has 0 aromatic heterocycles. The first-order chi connectivity index (χ1) is 11.8. The third-order valence-electron chi connectivity index (χ3n) is 5.01. The first kappa shape index (κ1) is 15.0. The van der Waals surface area contributed by atoms with E-state index in [0.29, 0.717) is 18.6 Å². The fourth-order valence-corrected chi connectivity index (χ4v) is 3.93. The normalized spacial score (nSPS) is 21.7. The molecule has 0 radical (unpaired) electrons. The fraction of sp³-hybridized carbons (Fsp3) is 0.286. The molecule has 0 amide bonds. The van der Waals surface area contributed by atoms with Crippen molar-refractivity contribution in [3.63, 3.8) is 0 Å². The van der Waals surface area contributed by atoms with Crippen LogP contribution in [0.2, 0.25) is 0 Å². The number of hydrogen-bond donors (Lipinski definition) is 0. The van der Waals surface area contributed by atoms with Gasteiger partial charge in [0.1, 0.15) is 12.4 Å². The molecule has 2 aromatic carbocycles. The molecule has 24 heavy (non-hydrogen) atoms. The van der Waals surface area contributed by atoms with Crippen LogP contribution in [-0.4, -0.2) is 24.4 Å². The van der Waals surface area contributed by atoms with E-state index in [4.69, 9.17) is 9.84 Å². The topological polar surface area (TPSA) is 24.8 Å². The van der Waals surface area contributed by atoms with Crippen LogP contribution in [0.3, 0.4) is 0 Å². The molecule has 1 heterocycles. The lowest BCUT2D eigenvalue weighted by molar-refractivity contribution is 0.243. The van der Waals surface area contributed by atoms with Gasteiger partial charge in [-0.1, -0.05) is 49.1 Å². The molecular formula is C21H22N2O. The lowest BCUT2D eigenvalue weighted by atomic mass is 9.77. The predicted molar refractivity (Wildman–Crippen MR) is 97.4 cm³/mol. The molecule has 4 rings (SSSR count). The van der Waals surface area contributed by atoms with Gasteiger partial charge >= 0.3 is 0 Å². The second kappa shape index (κ2) is 6.16. The average Bonchev–Trinajstić information content (AvgIpc) is 2.97. The van der Waals surface area contributed by atoms with E-state index < -0.39 is 0 Å². The minimum absolute atomic E-state index is 0.307. The molecule has 3 nitrogen and oxygen atoms in total. The first-order valence-electron chi connectivity index (χ1n) is 8.51. The fourth-order valence-electron chi connectivity index (χ4n) is 3.93. The van der Waals surface area contributed by atoms with Gasteiger partial charge in [-0.05, 0) is 36.1 Å². The van der Waals surface area contributed by atoms with E-state index in [9.17, 15) is 0 Å². The summed E-state index contributed by atoms with van der Waals surface area (Å²) in [4.78, 5) is 0.